The molecule has 2 aromatic carbocycles. The molecule has 7 nitrogen and oxygen atoms in total. The van der Waals surface area contributed by atoms with Crippen LogP contribution in [0.1, 0.15) is 36.6 Å². The van der Waals surface area contributed by atoms with Crippen molar-refractivity contribution in [2.75, 3.05) is 43.0 Å². The first-order chi connectivity index (χ1) is 14.5. The van der Waals surface area contributed by atoms with Gasteiger partial charge in [0.2, 0.25) is 0 Å². The summed E-state index contributed by atoms with van der Waals surface area (Å²) in [5.74, 6) is -0.299. The molecule has 3 rings (SSSR count). The number of nitrogen functional groups attached to an aromatic ring is 1. The molecule has 1 aliphatic heterocycles. The van der Waals surface area contributed by atoms with E-state index in [0.29, 0.717) is 12.2 Å². The molecule has 1 heterocycles. The Morgan fingerprint density at radius 2 is 1.90 bits per heavy atom. The Bertz CT molecular complexity index is 876. The summed E-state index contributed by atoms with van der Waals surface area (Å²) >= 11 is 0. The van der Waals surface area contributed by atoms with Crippen molar-refractivity contribution in [3.63, 3.8) is 0 Å². The van der Waals surface area contributed by atoms with Crippen LogP contribution in [0.5, 0.6) is 0 Å². The lowest BCUT2D eigenvalue weighted by Crippen LogP contribution is -2.43. The van der Waals surface area contributed by atoms with Gasteiger partial charge in [0.1, 0.15) is 5.84 Å². The predicted octanol–water partition coefficient (Wildman–Crippen LogP) is 2.66. The number of ether oxygens (including phenoxy) is 1. The Hall–Kier alpha value is -3.06. The second kappa shape index (κ2) is 10.1. The van der Waals surface area contributed by atoms with Gasteiger partial charge in [0.05, 0.1) is 6.61 Å². The second-order valence-corrected chi connectivity index (χ2v) is 7.34. The first-order valence-electron chi connectivity index (χ1n) is 10.5. The maximum Gasteiger partial charge on any atom is 0.333 e. The van der Waals surface area contributed by atoms with Crippen molar-refractivity contribution in [1.29, 1.82) is 5.41 Å². The third kappa shape index (κ3) is 5.30. The van der Waals surface area contributed by atoms with E-state index in [1.807, 2.05) is 19.1 Å². The summed E-state index contributed by atoms with van der Waals surface area (Å²) in [6.07, 6.45) is 0.885. The molecule has 0 aromatic heterocycles. The summed E-state index contributed by atoms with van der Waals surface area (Å²) in [5, 5.41) is 14.2. The zero-order valence-electron chi connectivity index (χ0n) is 17.7. The Labute approximate surface area is 178 Å². The maximum atomic E-state index is 12.8. The molecule has 0 aliphatic carbocycles. The van der Waals surface area contributed by atoms with Gasteiger partial charge in [-0.15, -0.1) is 0 Å². The number of nitrogens with one attached hydrogen (secondary N) is 3. The Morgan fingerprint density at radius 3 is 2.50 bits per heavy atom. The van der Waals surface area contributed by atoms with Gasteiger partial charge in [0.25, 0.3) is 0 Å². The average molecular weight is 410 g/mol. The van der Waals surface area contributed by atoms with E-state index in [1.54, 1.807) is 12.1 Å². The lowest BCUT2D eigenvalue weighted by atomic mass is 10.00. The van der Waals surface area contributed by atoms with E-state index < -0.39 is 6.04 Å². The Balaban J connectivity index is 1.94. The monoisotopic (exact) mass is 409 g/mol. The number of carbonyl (C=O) groups is 1. The summed E-state index contributed by atoms with van der Waals surface area (Å²) in [4.78, 5) is 15.2. The zero-order chi connectivity index (χ0) is 21.5. The number of carbonyl (C=O) groups excluding carboxylic acids is 1. The fraction of sp³-hybridized carbons (Fsp3) is 0.391. The van der Waals surface area contributed by atoms with Gasteiger partial charge in [-0.1, -0.05) is 13.0 Å². The van der Waals surface area contributed by atoms with Crippen LogP contribution in [0.3, 0.4) is 0 Å². The van der Waals surface area contributed by atoms with E-state index in [1.165, 1.54) is 5.56 Å². The molecule has 0 amide bonds. The first kappa shape index (κ1) is 21.6. The lowest BCUT2D eigenvalue weighted by Gasteiger charge is -2.31. The van der Waals surface area contributed by atoms with Crippen molar-refractivity contribution in [1.82, 2.24) is 5.32 Å². The van der Waals surface area contributed by atoms with Gasteiger partial charge in [-0.25, -0.2) is 4.79 Å². The number of nitrogens with two attached hydrogens (primary N) is 1. The van der Waals surface area contributed by atoms with Gasteiger partial charge in [0, 0.05) is 43.1 Å². The third-order valence-electron chi connectivity index (χ3n) is 5.25. The number of hydrogen-bond acceptors (Lipinski definition) is 6. The van der Waals surface area contributed by atoms with Crippen LogP contribution in [-0.4, -0.2) is 44.6 Å². The highest BCUT2D eigenvalue weighted by Gasteiger charge is 2.24. The van der Waals surface area contributed by atoms with Gasteiger partial charge in [-0.05, 0) is 60.9 Å². The normalized spacial score (nSPS) is 14.8. The van der Waals surface area contributed by atoms with Crippen LogP contribution >= 0.6 is 0 Å². The summed E-state index contributed by atoms with van der Waals surface area (Å²) in [6.45, 7) is 8.03. The van der Waals surface area contributed by atoms with E-state index >= 15 is 0 Å². The summed E-state index contributed by atoms with van der Waals surface area (Å²) in [5.41, 5.74) is 10.2. The molecule has 5 N–H and O–H groups in total. The molecule has 1 saturated heterocycles. The number of esters is 1. The minimum Gasteiger partial charge on any atom is -0.464 e. The molecule has 160 valence electrons. The number of nitrogens with zero attached hydrogens (tertiary/aromatic N) is 1. The van der Waals surface area contributed by atoms with Crippen LogP contribution in [0.15, 0.2) is 42.5 Å². The van der Waals surface area contributed by atoms with Crippen molar-refractivity contribution in [3.8, 4) is 0 Å². The van der Waals surface area contributed by atoms with Crippen molar-refractivity contribution < 1.29 is 9.53 Å². The molecule has 0 radical (unpaired) electrons. The van der Waals surface area contributed by atoms with Crippen molar-refractivity contribution in [2.24, 2.45) is 5.73 Å². The lowest BCUT2D eigenvalue weighted by molar-refractivity contribution is -0.144. The zero-order valence-corrected chi connectivity index (χ0v) is 17.7. The molecule has 1 fully saturated rings. The molecule has 30 heavy (non-hydrogen) atoms. The largest absolute Gasteiger partial charge is 0.464 e. The molecule has 7 heteroatoms. The number of anilines is 2. The van der Waals surface area contributed by atoms with Crippen LogP contribution in [-0.2, 0) is 16.0 Å². The maximum absolute atomic E-state index is 12.8. The summed E-state index contributed by atoms with van der Waals surface area (Å²) in [7, 11) is 0. The van der Waals surface area contributed by atoms with Crippen molar-refractivity contribution in [2.45, 2.75) is 26.3 Å². The van der Waals surface area contributed by atoms with Gasteiger partial charge in [-0.2, -0.15) is 0 Å². The van der Waals surface area contributed by atoms with E-state index in [9.17, 15) is 4.79 Å². The Morgan fingerprint density at radius 1 is 1.20 bits per heavy atom. The van der Waals surface area contributed by atoms with Crippen LogP contribution < -0.4 is 21.3 Å². The van der Waals surface area contributed by atoms with Gasteiger partial charge >= 0.3 is 5.97 Å². The molecule has 1 atom stereocenters. The number of aryl methyl sites for hydroxylation is 1. The van der Waals surface area contributed by atoms with E-state index in [-0.39, 0.29) is 11.8 Å². The minimum absolute atomic E-state index is 0.0137. The molecular formula is C23H31N5O2. The molecule has 0 bridgehead atoms. The SMILES string of the molecule is CCOC(=O)C(Nc1ccc(C(=N)N)cc1)c1cc(CC)cc(N2CCNCC2)c1. The average Bonchev–Trinajstić information content (AvgIpc) is 2.78. The first-order valence-corrected chi connectivity index (χ1v) is 10.5. The quantitative estimate of drug-likeness (QED) is 0.304. The number of benzene rings is 2. The second-order valence-electron chi connectivity index (χ2n) is 7.34. The number of piperazine rings is 1. The number of amidine groups is 1. The third-order valence-corrected chi connectivity index (χ3v) is 5.25. The van der Waals surface area contributed by atoms with Gasteiger partial charge in [0.15, 0.2) is 6.04 Å². The van der Waals surface area contributed by atoms with Crippen molar-refractivity contribution in [3.05, 3.63) is 59.2 Å². The highest BCUT2D eigenvalue weighted by molar-refractivity contribution is 5.95. The molecular weight excluding hydrogens is 378 g/mol. The van der Waals surface area contributed by atoms with E-state index in [2.05, 4.69) is 40.7 Å². The Kier molecular flexibility index (Phi) is 7.30. The van der Waals surface area contributed by atoms with Gasteiger partial charge in [-0.3, -0.25) is 5.41 Å². The molecule has 1 aliphatic rings. The highest BCUT2D eigenvalue weighted by Crippen LogP contribution is 2.28. The standard InChI is InChI=1S/C23H31N5O2/c1-3-16-13-18(15-20(14-16)28-11-9-26-10-12-28)21(23(29)30-4-2)27-19-7-5-17(6-8-19)22(24)25/h5-8,13-15,21,26-27H,3-4,9-12H2,1-2H3,(H3,24,25). The van der Waals surface area contributed by atoms with Crippen LogP contribution in [0.25, 0.3) is 0 Å². The van der Waals surface area contributed by atoms with Crippen LogP contribution in [0.4, 0.5) is 11.4 Å². The highest BCUT2D eigenvalue weighted by atomic mass is 16.5. The smallest absolute Gasteiger partial charge is 0.333 e. The molecule has 2 aromatic rings. The number of hydrogen-bond donors (Lipinski definition) is 4. The predicted molar refractivity (Wildman–Crippen MR) is 121 cm³/mol. The van der Waals surface area contributed by atoms with Crippen molar-refractivity contribution >= 4 is 23.2 Å². The molecule has 1 unspecified atom stereocenters. The fourth-order valence-corrected chi connectivity index (χ4v) is 3.59. The van der Waals surface area contributed by atoms with E-state index in [0.717, 1.165) is 49.5 Å². The summed E-state index contributed by atoms with van der Waals surface area (Å²) in [6, 6.07) is 12.9. The van der Waals surface area contributed by atoms with Gasteiger partial charge < -0.3 is 26.0 Å². The minimum atomic E-state index is -0.624. The molecule has 0 saturated carbocycles. The van der Waals surface area contributed by atoms with Crippen LogP contribution in [0.2, 0.25) is 0 Å². The number of rotatable bonds is 8. The molecule has 0 spiro atoms. The van der Waals surface area contributed by atoms with E-state index in [4.69, 9.17) is 15.9 Å². The topological polar surface area (TPSA) is 103 Å². The fourth-order valence-electron chi connectivity index (χ4n) is 3.59. The summed E-state index contributed by atoms with van der Waals surface area (Å²) < 4.78 is 5.37. The van der Waals surface area contributed by atoms with Crippen LogP contribution in [0, 0.1) is 5.41 Å².